The third-order valence-electron chi connectivity index (χ3n) is 3.21. The molecule has 4 heteroatoms. The van der Waals surface area contributed by atoms with Crippen LogP contribution in [0.25, 0.3) is 0 Å². The largest absolute Gasteiger partial charge is 0.465 e. The Kier molecular flexibility index (Phi) is 2.72. The Morgan fingerprint density at radius 1 is 1.57 bits per heavy atom. The smallest absolute Gasteiger partial charge is 0.323 e. The quantitative estimate of drug-likeness (QED) is 0.678. The van der Waals surface area contributed by atoms with E-state index in [-0.39, 0.29) is 17.9 Å². The Bertz CT molecular complexity index is 234. The number of esters is 1. The van der Waals surface area contributed by atoms with E-state index in [0.29, 0.717) is 13.0 Å². The van der Waals surface area contributed by atoms with Gasteiger partial charge in [0.1, 0.15) is 12.2 Å². The van der Waals surface area contributed by atoms with Crippen LogP contribution in [0.3, 0.4) is 0 Å². The molecule has 2 heterocycles. The molecule has 3 nitrogen and oxygen atoms in total. The van der Waals surface area contributed by atoms with E-state index in [9.17, 15) is 9.18 Å². The van der Waals surface area contributed by atoms with Crippen molar-refractivity contribution in [1.29, 1.82) is 0 Å². The summed E-state index contributed by atoms with van der Waals surface area (Å²) in [6, 6.07) is -0.234. The molecule has 0 radical (unpaired) electrons. The van der Waals surface area contributed by atoms with Crippen molar-refractivity contribution in [3.8, 4) is 0 Å². The average Bonchev–Trinajstić information content (AvgIpc) is 2.18. The minimum absolute atomic E-state index is 0.168. The van der Waals surface area contributed by atoms with Gasteiger partial charge in [-0.3, -0.25) is 4.79 Å². The fraction of sp³-hybridized carbons (Fsp3) is 0.900. The summed E-state index contributed by atoms with van der Waals surface area (Å²) in [6.45, 7) is 2.14. The van der Waals surface area contributed by atoms with Crippen molar-refractivity contribution in [2.24, 2.45) is 5.92 Å². The van der Waals surface area contributed by atoms with Gasteiger partial charge in [0.25, 0.3) is 0 Å². The van der Waals surface area contributed by atoms with Crippen LogP contribution in [0.15, 0.2) is 0 Å². The lowest BCUT2D eigenvalue weighted by atomic mass is 9.75. The van der Waals surface area contributed by atoms with Crippen molar-refractivity contribution in [2.75, 3.05) is 6.61 Å². The molecule has 0 amide bonds. The molecule has 1 N–H and O–H groups in total. The lowest BCUT2D eigenvalue weighted by Crippen LogP contribution is -2.60. The summed E-state index contributed by atoms with van der Waals surface area (Å²) in [5.41, 5.74) is 0. The molecule has 14 heavy (non-hydrogen) atoms. The standard InChI is InChI=1S/C10H16FNO2/c1-2-14-10(13)9-7-4-3-6(12-9)5-8(7)11/h6-9,12H,2-5H2,1H3/t6-,7+,8?,9-/m0/s1. The Morgan fingerprint density at radius 3 is 2.93 bits per heavy atom. The van der Waals surface area contributed by atoms with E-state index in [4.69, 9.17) is 4.74 Å². The summed E-state index contributed by atoms with van der Waals surface area (Å²) < 4.78 is 18.4. The van der Waals surface area contributed by atoms with Gasteiger partial charge in [0, 0.05) is 12.0 Å². The maximum atomic E-state index is 13.5. The molecule has 3 rings (SSSR count). The highest BCUT2D eigenvalue weighted by atomic mass is 19.1. The number of alkyl halides is 1. The van der Waals surface area contributed by atoms with Crippen molar-refractivity contribution >= 4 is 5.97 Å². The van der Waals surface area contributed by atoms with Crippen LogP contribution in [0.5, 0.6) is 0 Å². The summed E-state index contributed by atoms with van der Waals surface area (Å²) in [6.07, 6.45) is 1.52. The van der Waals surface area contributed by atoms with Crippen molar-refractivity contribution in [3.05, 3.63) is 0 Å². The molecule has 3 aliphatic rings. The van der Waals surface area contributed by atoms with Gasteiger partial charge in [0.2, 0.25) is 0 Å². The molecular weight excluding hydrogens is 185 g/mol. The number of rotatable bonds is 2. The van der Waals surface area contributed by atoms with Crippen molar-refractivity contribution in [2.45, 2.75) is 44.4 Å². The van der Waals surface area contributed by atoms with Crippen LogP contribution >= 0.6 is 0 Å². The van der Waals surface area contributed by atoms with Gasteiger partial charge in [-0.15, -0.1) is 0 Å². The number of fused-ring (bicyclic) bond motifs is 3. The summed E-state index contributed by atoms with van der Waals surface area (Å²) in [5, 5.41) is 3.15. The maximum absolute atomic E-state index is 13.5. The highest BCUT2D eigenvalue weighted by molar-refractivity contribution is 5.76. The monoisotopic (exact) mass is 201 g/mol. The molecule has 2 saturated heterocycles. The van der Waals surface area contributed by atoms with Crippen LogP contribution in [0, 0.1) is 5.92 Å². The molecular formula is C10H16FNO2. The van der Waals surface area contributed by atoms with Gasteiger partial charge in [-0.05, 0) is 26.2 Å². The first-order valence-corrected chi connectivity index (χ1v) is 5.29. The number of hydrogen-bond acceptors (Lipinski definition) is 3. The number of ether oxygens (including phenoxy) is 1. The first kappa shape index (κ1) is 9.90. The van der Waals surface area contributed by atoms with E-state index in [1.807, 2.05) is 0 Å². The summed E-state index contributed by atoms with van der Waals surface area (Å²) >= 11 is 0. The normalized spacial score (nSPS) is 41.0. The average molecular weight is 201 g/mol. The Labute approximate surface area is 83.0 Å². The van der Waals surface area contributed by atoms with E-state index in [1.54, 1.807) is 6.92 Å². The number of hydrogen-bond donors (Lipinski definition) is 1. The fourth-order valence-corrected chi connectivity index (χ4v) is 2.52. The summed E-state index contributed by atoms with van der Waals surface area (Å²) in [5.74, 6) is -0.455. The molecule has 1 aliphatic carbocycles. The molecule has 0 aromatic heterocycles. The number of halogens is 1. The Morgan fingerprint density at radius 2 is 2.36 bits per heavy atom. The predicted molar refractivity (Wildman–Crippen MR) is 49.6 cm³/mol. The number of piperidine rings is 2. The molecule has 3 fully saturated rings. The zero-order chi connectivity index (χ0) is 10.1. The minimum atomic E-state index is -0.829. The highest BCUT2D eigenvalue weighted by Gasteiger charge is 2.45. The van der Waals surface area contributed by atoms with Gasteiger partial charge in [-0.2, -0.15) is 0 Å². The maximum Gasteiger partial charge on any atom is 0.323 e. The van der Waals surface area contributed by atoms with Crippen molar-refractivity contribution in [3.63, 3.8) is 0 Å². The molecule has 0 aromatic carbocycles. The predicted octanol–water partition coefficient (Wildman–Crippen LogP) is 1.03. The van der Waals surface area contributed by atoms with Crippen LogP contribution in [0.1, 0.15) is 26.2 Å². The van der Waals surface area contributed by atoms with Gasteiger partial charge in [0.05, 0.1) is 6.61 Å². The van der Waals surface area contributed by atoms with Crippen LogP contribution in [-0.2, 0) is 9.53 Å². The minimum Gasteiger partial charge on any atom is -0.465 e. The first-order chi connectivity index (χ1) is 6.72. The van der Waals surface area contributed by atoms with Gasteiger partial charge in [0.15, 0.2) is 0 Å². The second kappa shape index (κ2) is 3.85. The SMILES string of the molecule is CCOC(=O)[C@H]1N[C@H]2CC[C@@H]1C(F)C2. The molecule has 1 saturated carbocycles. The van der Waals surface area contributed by atoms with Crippen molar-refractivity contribution < 1.29 is 13.9 Å². The van der Waals surface area contributed by atoms with E-state index < -0.39 is 12.2 Å². The highest BCUT2D eigenvalue weighted by Crippen LogP contribution is 2.35. The van der Waals surface area contributed by atoms with E-state index in [0.717, 1.165) is 12.8 Å². The van der Waals surface area contributed by atoms with E-state index in [1.165, 1.54) is 0 Å². The topological polar surface area (TPSA) is 38.3 Å². The second-order valence-corrected chi connectivity index (χ2v) is 4.09. The van der Waals surface area contributed by atoms with Gasteiger partial charge < -0.3 is 10.1 Å². The molecule has 1 unspecified atom stereocenters. The lowest BCUT2D eigenvalue weighted by Gasteiger charge is -2.44. The first-order valence-electron chi connectivity index (χ1n) is 5.29. The number of carbonyl (C=O) groups excluding carboxylic acids is 1. The molecule has 0 aromatic rings. The zero-order valence-corrected chi connectivity index (χ0v) is 8.33. The van der Waals surface area contributed by atoms with Crippen molar-refractivity contribution in [1.82, 2.24) is 5.32 Å². The molecule has 2 bridgehead atoms. The van der Waals surface area contributed by atoms with Gasteiger partial charge in [-0.25, -0.2) is 4.39 Å². The number of carbonyl (C=O) groups is 1. The van der Waals surface area contributed by atoms with E-state index >= 15 is 0 Å². The Hall–Kier alpha value is -0.640. The number of nitrogens with one attached hydrogen (secondary N) is 1. The molecule has 0 spiro atoms. The van der Waals surface area contributed by atoms with Crippen LogP contribution < -0.4 is 5.32 Å². The zero-order valence-electron chi connectivity index (χ0n) is 8.33. The third kappa shape index (κ3) is 1.63. The molecule has 2 aliphatic heterocycles. The van der Waals surface area contributed by atoms with Gasteiger partial charge in [-0.1, -0.05) is 0 Å². The fourth-order valence-electron chi connectivity index (χ4n) is 2.52. The van der Waals surface area contributed by atoms with Gasteiger partial charge >= 0.3 is 5.97 Å². The lowest BCUT2D eigenvalue weighted by molar-refractivity contribution is -0.151. The molecule has 4 atom stereocenters. The van der Waals surface area contributed by atoms with Crippen LogP contribution in [0.2, 0.25) is 0 Å². The summed E-state index contributed by atoms with van der Waals surface area (Å²) in [7, 11) is 0. The van der Waals surface area contributed by atoms with E-state index in [2.05, 4.69) is 5.32 Å². The van der Waals surface area contributed by atoms with Crippen LogP contribution in [-0.4, -0.2) is 30.8 Å². The second-order valence-electron chi connectivity index (χ2n) is 4.09. The Balaban J connectivity index is 2.03. The van der Waals surface area contributed by atoms with Crippen LogP contribution in [0.4, 0.5) is 4.39 Å². The summed E-state index contributed by atoms with van der Waals surface area (Å²) in [4.78, 5) is 11.5. The third-order valence-corrected chi connectivity index (χ3v) is 3.21. The molecule has 80 valence electrons.